The molecule has 41 heavy (non-hydrogen) atoms. The standard InChI is InChI=1S/C31H30N4O6/c1-33(2)22-17-15-20(16-18-22)25-23(30(38)40-3)27(31(39)41-4)35-29(37)24(32-28(36)21-13-9-6-10-14-21)26(34(25)35)19-11-7-5-8-12-19/h5-18,24-26H,1-4H3,(H,32,36)/t24-,25+,26-/m1/s1. The molecule has 2 aliphatic heterocycles. The summed E-state index contributed by atoms with van der Waals surface area (Å²) in [5, 5.41) is 5.71. The Hall–Kier alpha value is -4.96. The van der Waals surface area contributed by atoms with Gasteiger partial charge in [-0.15, -0.1) is 0 Å². The Labute approximate surface area is 237 Å². The first kappa shape index (κ1) is 27.6. The summed E-state index contributed by atoms with van der Waals surface area (Å²) < 4.78 is 10.2. The molecule has 0 aliphatic carbocycles. The largest absolute Gasteiger partial charge is 0.466 e. The van der Waals surface area contributed by atoms with Crippen LogP contribution in [-0.2, 0) is 23.9 Å². The molecule has 3 aromatic carbocycles. The van der Waals surface area contributed by atoms with E-state index >= 15 is 0 Å². The van der Waals surface area contributed by atoms with Gasteiger partial charge in [-0.2, -0.15) is 5.01 Å². The fourth-order valence-electron chi connectivity index (χ4n) is 5.37. The molecule has 0 aromatic heterocycles. The number of carbonyl (C=O) groups excluding carboxylic acids is 4. The first-order valence-electron chi connectivity index (χ1n) is 13.0. The lowest BCUT2D eigenvalue weighted by atomic mass is 9.92. The fourth-order valence-corrected chi connectivity index (χ4v) is 5.37. The summed E-state index contributed by atoms with van der Waals surface area (Å²) in [6.45, 7) is 0. The molecule has 0 saturated carbocycles. The Bertz CT molecular complexity index is 1500. The maximum Gasteiger partial charge on any atom is 0.356 e. The molecule has 10 nitrogen and oxygen atoms in total. The Morgan fingerprint density at radius 2 is 1.37 bits per heavy atom. The Balaban J connectivity index is 1.71. The van der Waals surface area contributed by atoms with Crippen LogP contribution in [0.15, 0.2) is 96.2 Å². The van der Waals surface area contributed by atoms with Crippen molar-refractivity contribution < 1.29 is 28.7 Å². The number of carbonyl (C=O) groups is 4. The van der Waals surface area contributed by atoms with E-state index in [0.717, 1.165) is 10.7 Å². The van der Waals surface area contributed by atoms with Crippen LogP contribution in [-0.4, -0.2) is 68.1 Å². The zero-order valence-electron chi connectivity index (χ0n) is 23.1. The first-order chi connectivity index (χ1) is 19.8. The molecule has 3 aromatic rings. The summed E-state index contributed by atoms with van der Waals surface area (Å²) in [6.07, 6.45) is 0. The van der Waals surface area contributed by atoms with Crippen molar-refractivity contribution in [1.82, 2.24) is 15.3 Å². The number of methoxy groups -OCH3 is 2. The van der Waals surface area contributed by atoms with Gasteiger partial charge >= 0.3 is 11.9 Å². The highest BCUT2D eigenvalue weighted by Crippen LogP contribution is 2.51. The average molecular weight is 555 g/mol. The lowest BCUT2D eigenvalue weighted by Gasteiger charge is -2.33. The number of hydrogen-bond acceptors (Lipinski definition) is 8. The van der Waals surface area contributed by atoms with Crippen LogP contribution in [0.2, 0.25) is 0 Å². The molecule has 1 N–H and O–H groups in total. The van der Waals surface area contributed by atoms with Gasteiger partial charge in [-0.05, 0) is 35.4 Å². The predicted octanol–water partition coefficient (Wildman–Crippen LogP) is 3.01. The van der Waals surface area contributed by atoms with E-state index < -0.39 is 41.9 Å². The molecule has 5 rings (SSSR count). The molecule has 0 unspecified atom stereocenters. The van der Waals surface area contributed by atoms with Crippen molar-refractivity contribution in [1.29, 1.82) is 0 Å². The predicted molar refractivity (Wildman–Crippen MR) is 150 cm³/mol. The lowest BCUT2D eigenvalue weighted by Crippen LogP contribution is -2.44. The molecule has 210 valence electrons. The van der Waals surface area contributed by atoms with Gasteiger partial charge in [0.15, 0.2) is 5.70 Å². The third-order valence-electron chi connectivity index (χ3n) is 7.28. The zero-order valence-corrected chi connectivity index (χ0v) is 23.1. The van der Waals surface area contributed by atoms with Crippen molar-refractivity contribution in [2.24, 2.45) is 0 Å². The second kappa shape index (κ2) is 11.3. The third kappa shape index (κ3) is 4.82. The number of hydrogen-bond donors (Lipinski definition) is 1. The number of rotatable bonds is 7. The van der Waals surface area contributed by atoms with E-state index in [9.17, 15) is 19.2 Å². The first-order valence-corrected chi connectivity index (χ1v) is 13.0. The number of ether oxygens (including phenoxy) is 2. The number of esters is 2. The van der Waals surface area contributed by atoms with Gasteiger partial charge in [-0.25, -0.2) is 14.6 Å². The lowest BCUT2D eigenvalue weighted by molar-refractivity contribution is -0.146. The normalized spacial score (nSPS) is 20.0. The fraction of sp³-hybridized carbons (Fsp3) is 0.226. The molecule has 1 saturated heterocycles. The molecule has 0 spiro atoms. The van der Waals surface area contributed by atoms with Crippen LogP contribution in [0, 0.1) is 0 Å². The summed E-state index contributed by atoms with van der Waals surface area (Å²) in [7, 11) is 6.21. The third-order valence-corrected chi connectivity index (χ3v) is 7.28. The summed E-state index contributed by atoms with van der Waals surface area (Å²) in [4.78, 5) is 56.0. The monoisotopic (exact) mass is 554 g/mol. The van der Waals surface area contributed by atoms with E-state index in [1.165, 1.54) is 14.2 Å². The number of anilines is 1. The van der Waals surface area contributed by atoms with Crippen LogP contribution in [0.1, 0.15) is 33.6 Å². The van der Waals surface area contributed by atoms with Crippen LogP contribution in [0.3, 0.4) is 0 Å². The van der Waals surface area contributed by atoms with Crippen LogP contribution in [0.25, 0.3) is 0 Å². The number of fused-ring (bicyclic) bond motifs is 1. The number of benzene rings is 3. The smallest absolute Gasteiger partial charge is 0.356 e. The van der Waals surface area contributed by atoms with E-state index in [0.29, 0.717) is 16.7 Å². The zero-order chi connectivity index (χ0) is 29.3. The van der Waals surface area contributed by atoms with Gasteiger partial charge in [0.1, 0.15) is 6.04 Å². The molecule has 3 atom stereocenters. The molecule has 0 radical (unpaired) electrons. The van der Waals surface area contributed by atoms with E-state index in [1.807, 2.05) is 73.6 Å². The molecule has 10 heteroatoms. The maximum absolute atomic E-state index is 14.2. The average Bonchev–Trinajstić information content (AvgIpc) is 3.49. The van der Waals surface area contributed by atoms with Gasteiger partial charge < -0.3 is 19.7 Å². The highest BCUT2D eigenvalue weighted by Gasteiger charge is 2.60. The van der Waals surface area contributed by atoms with E-state index in [1.54, 1.807) is 35.3 Å². The molecular formula is C31H30N4O6. The van der Waals surface area contributed by atoms with Gasteiger partial charge in [0.05, 0.1) is 31.9 Å². The minimum absolute atomic E-state index is 0.0286. The van der Waals surface area contributed by atoms with Gasteiger partial charge in [-0.3, -0.25) is 9.59 Å². The Morgan fingerprint density at radius 1 is 0.780 bits per heavy atom. The maximum atomic E-state index is 14.2. The van der Waals surface area contributed by atoms with E-state index in [2.05, 4.69) is 5.32 Å². The van der Waals surface area contributed by atoms with Gasteiger partial charge in [0.2, 0.25) is 0 Å². The number of nitrogens with zero attached hydrogens (tertiary/aromatic N) is 3. The number of nitrogens with one attached hydrogen (secondary N) is 1. The Kier molecular flexibility index (Phi) is 7.58. The van der Waals surface area contributed by atoms with Gasteiger partial charge in [0.25, 0.3) is 11.8 Å². The van der Waals surface area contributed by atoms with Crippen molar-refractivity contribution in [3.8, 4) is 0 Å². The minimum atomic E-state index is -1.09. The second-order valence-electron chi connectivity index (χ2n) is 9.84. The van der Waals surface area contributed by atoms with Crippen LogP contribution in [0.5, 0.6) is 0 Å². The van der Waals surface area contributed by atoms with Crippen molar-refractivity contribution >= 4 is 29.4 Å². The number of hydrazine groups is 1. The highest BCUT2D eigenvalue weighted by atomic mass is 16.5. The second-order valence-corrected chi connectivity index (χ2v) is 9.84. The van der Waals surface area contributed by atoms with Gasteiger partial charge in [-0.1, -0.05) is 60.7 Å². The van der Waals surface area contributed by atoms with Crippen molar-refractivity contribution in [2.75, 3.05) is 33.2 Å². The summed E-state index contributed by atoms with van der Waals surface area (Å²) in [5.74, 6) is -2.68. The Morgan fingerprint density at radius 3 is 1.93 bits per heavy atom. The quantitative estimate of drug-likeness (QED) is 0.444. The van der Waals surface area contributed by atoms with Gasteiger partial charge in [0, 0.05) is 25.3 Å². The molecule has 2 aliphatic rings. The molecular weight excluding hydrogens is 524 g/mol. The van der Waals surface area contributed by atoms with Crippen LogP contribution >= 0.6 is 0 Å². The SMILES string of the molecule is COC(=O)C1=C(C(=O)OC)N2C(=O)[C@H](NC(=O)c3ccccc3)[C@@H](c3ccccc3)N2[C@H]1c1ccc(N(C)C)cc1. The molecule has 1 fully saturated rings. The summed E-state index contributed by atoms with van der Waals surface area (Å²) in [6, 6.07) is 22.4. The minimum Gasteiger partial charge on any atom is -0.466 e. The topological polar surface area (TPSA) is 108 Å². The molecule has 2 heterocycles. The van der Waals surface area contributed by atoms with Crippen molar-refractivity contribution in [3.05, 3.63) is 113 Å². The van der Waals surface area contributed by atoms with Crippen LogP contribution < -0.4 is 10.2 Å². The van der Waals surface area contributed by atoms with Crippen LogP contribution in [0.4, 0.5) is 5.69 Å². The number of amides is 2. The van der Waals surface area contributed by atoms with Crippen molar-refractivity contribution in [3.63, 3.8) is 0 Å². The summed E-state index contributed by atoms with van der Waals surface area (Å²) in [5.41, 5.74) is 2.37. The van der Waals surface area contributed by atoms with E-state index in [4.69, 9.17) is 9.47 Å². The van der Waals surface area contributed by atoms with E-state index in [-0.39, 0.29) is 11.3 Å². The highest BCUT2D eigenvalue weighted by molar-refractivity contribution is 6.07. The molecule has 0 bridgehead atoms. The molecule has 2 amide bonds. The van der Waals surface area contributed by atoms with Crippen molar-refractivity contribution in [2.45, 2.75) is 18.1 Å². The summed E-state index contributed by atoms with van der Waals surface area (Å²) >= 11 is 0.